The largest absolute Gasteiger partial charge is 0.454 e. The Morgan fingerprint density at radius 1 is 1.07 bits per heavy atom. The summed E-state index contributed by atoms with van der Waals surface area (Å²) in [5.41, 5.74) is 2.76. The first-order chi connectivity index (χ1) is 14.2. The van der Waals surface area contributed by atoms with Crippen LogP contribution in [0.1, 0.15) is 15.9 Å². The lowest BCUT2D eigenvalue weighted by Gasteiger charge is -2.07. The minimum absolute atomic E-state index is 0.201. The molecule has 8 heteroatoms. The van der Waals surface area contributed by atoms with Crippen molar-refractivity contribution in [3.63, 3.8) is 0 Å². The first-order valence-electron chi connectivity index (χ1n) is 8.95. The molecule has 1 amide bonds. The van der Waals surface area contributed by atoms with Crippen molar-refractivity contribution in [1.29, 1.82) is 0 Å². The monoisotopic (exact) mass is 406 g/mol. The molecule has 0 fully saturated rings. The van der Waals surface area contributed by atoms with Crippen LogP contribution in [0.15, 0.2) is 60.8 Å². The number of nitrogens with zero attached hydrogens (tertiary/aromatic N) is 3. The minimum Gasteiger partial charge on any atom is -0.454 e. The summed E-state index contributed by atoms with van der Waals surface area (Å²) in [5.74, 6) is 1.82. The molecule has 7 nitrogen and oxygen atoms in total. The van der Waals surface area contributed by atoms with Crippen molar-refractivity contribution < 1.29 is 14.3 Å². The number of carbonyl (C=O) groups excluding carboxylic acids is 1. The minimum atomic E-state index is -0.201. The predicted molar refractivity (Wildman–Crippen MR) is 107 cm³/mol. The van der Waals surface area contributed by atoms with Crippen LogP contribution >= 0.6 is 11.6 Å². The normalized spacial score (nSPS) is 12.3. The third kappa shape index (κ3) is 3.25. The topological polar surface area (TPSA) is 77.8 Å². The second-order valence-corrected chi connectivity index (χ2v) is 6.92. The number of hydrogen-bond acceptors (Lipinski definition) is 5. The van der Waals surface area contributed by atoms with E-state index in [-0.39, 0.29) is 12.7 Å². The number of carbonyl (C=O) groups is 1. The number of benzene rings is 2. The highest BCUT2D eigenvalue weighted by Gasteiger charge is 2.15. The number of pyridine rings is 1. The molecule has 0 radical (unpaired) electrons. The Labute approximate surface area is 170 Å². The van der Waals surface area contributed by atoms with E-state index >= 15 is 0 Å². The Kier molecular flexibility index (Phi) is 4.29. The highest BCUT2D eigenvalue weighted by molar-refractivity contribution is 6.33. The van der Waals surface area contributed by atoms with Gasteiger partial charge in [-0.25, -0.2) is 0 Å². The van der Waals surface area contributed by atoms with E-state index in [1.807, 2.05) is 36.4 Å². The molecule has 1 N–H and O–H groups in total. The zero-order chi connectivity index (χ0) is 19.8. The Hall–Kier alpha value is -3.58. The molecule has 1 aliphatic heterocycles. The van der Waals surface area contributed by atoms with Crippen LogP contribution in [-0.2, 0) is 6.54 Å². The fraction of sp³-hybridized carbons (Fsp3) is 0.0952. The van der Waals surface area contributed by atoms with E-state index in [0.29, 0.717) is 40.1 Å². The SMILES string of the molecule is O=C(NCc1ccc2c(c1)OCO2)c1ccn2c(-c3ccccc3Cl)nnc2c1. The number of amides is 1. The van der Waals surface area contributed by atoms with E-state index in [2.05, 4.69) is 15.5 Å². The smallest absolute Gasteiger partial charge is 0.251 e. The van der Waals surface area contributed by atoms with Crippen LogP contribution in [0.25, 0.3) is 17.0 Å². The molecule has 29 heavy (non-hydrogen) atoms. The first-order valence-corrected chi connectivity index (χ1v) is 9.33. The van der Waals surface area contributed by atoms with Gasteiger partial charge in [0.15, 0.2) is 23.0 Å². The Balaban J connectivity index is 1.35. The van der Waals surface area contributed by atoms with E-state index in [0.717, 1.165) is 11.1 Å². The van der Waals surface area contributed by atoms with Gasteiger partial charge in [0.1, 0.15) is 0 Å². The summed E-state index contributed by atoms with van der Waals surface area (Å²) in [6.45, 7) is 0.595. The second kappa shape index (κ2) is 7.10. The third-order valence-corrected chi connectivity index (χ3v) is 5.01. The van der Waals surface area contributed by atoms with Gasteiger partial charge in [-0.1, -0.05) is 29.8 Å². The summed E-state index contributed by atoms with van der Waals surface area (Å²) in [6.07, 6.45) is 1.77. The molecule has 0 aliphatic carbocycles. The van der Waals surface area contributed by atoms with E-state index < -0.39 is 0 Å². The van der Waals surface area contributed by atoms with Crippen LogP contribution < -0.4 is 14.8 Å². The van der Waals surface area contributed by atoms with Gasteiger partial charge in [-0.15, -0.1) is 10.2 Å². The molecule has 0 saturated heterocycles. The third-order valence-electron chi connectivity index (χ3n) is 4.68. The quantitative estimate of drug-likeness (QED) is 0.559. The number of fused-ring (bicyclic) bond motifs is 2. The van der Waals surface area contributed by atoms with Crippen molar-refractivity contribution >= 4 is 23.2 Å². The lowest BCUT2D eigenvalue weighted by atomic mass is 10.2. The molecule has 2 aromatic heterocycles. The number of ether oxygens (including phenoxy) is 2. The Bertz CT molecular complexity index is 1240. The number of aromatic nitrogens is 3. The molecule has 144 valence electrons. The molecular weight excluding hydrogens is 392 g/mol. The average molecular weight is 407 g/mol. The van der Waals surface area contributed by atoms with Gasteiger partial charge >= 0.3 is 0 Å². The summed E-state index contributed by atoms with van der Waals surface area (Å²) in [4.78, 5) is 12.6. The fourth-order valence-corrected chi connectivity index (χ4v) is 3.41. The van der Waals surface area contributed by atoms with Crippen molar-refractivity contribution in [2.45, 2.75) is 6.54 Å². The Morgan fingerprint density at radius 2 is 1.93 bits per heavy atom. The molecule has 3 heterocycles. The summed E-state index contributed by atoms with van der Waals surface area (Å²) >= 11 is 6.27. The van der Waals surface area contributed by atoms with Crippen LogP contribution in [0.4, 0.5) is 0 Å². The molecule has 2 aromatic carbocycles. The van der Waals surface area contributed by atoms with Crippen molar-refractivity contribution in [2.24, 2.45) is 0 Å². The molecule has 5 rings (SSSR count). The van der Waals surface area contributed by atoms with Crippen molar-refractivity contribution in [3.8, 4) is 22.9 Å². The molecule has 0 saturated carbocycles. The second-order valence-electron chi connectivity index (χ2n) is 6.52. The molecule has 1 aliphatic rings. The maximum atomic E-state index is 12.6. The van der Waals surface area contributed by atoms with Gasteiger partial charge < -0.3 is 14.8 Å². The van der Waals surface area contributed by atoms with Crippen molar-refractivity contribution in [3.05, 3.63) is 76.9 Å². The van der Waals surface area contributed by atoms with E-state index in [9.17, 15) is 4.79 Å². The van der Waals surface area contributed by atoms with Gasteiger partial charge in [0.25, 0.3) is 5.91 Å². The lowest BCUT2D eigenvalue weighted by Crippen LogP contribution is -2.22. The summed E-state index contributed by atoms with van der Waals surface area (Å²) in [6, 6.07) is 16.4. The molecular formula is C21H15ClN4O3. The zero-order valence-electron chi connectivity index (χ0n) is 15.1. The molecule has 0 bridgehead atoms. The average Bonchev–Trinajstić information content (AvgIpc) is 3.38. The van der Waals surface area contributed by atoms with E-state index in [4.69, 9.17) is 21.1 Å². The molecule has 0 unspecified atom stereocenters. The molecule has 0 atom stereocenters. The lowest BCUT2D eigenvalue weighted by molar-refractivity contribution is 0.0951. The van der Waals surface area contributed by atoms with Crippen molar-refractivity contribution in [2.75, 3.05) is 6.79 Å². The van der Waals surface area contributed by atoms with Gasteiger partial charge in [0, 0.05) is 23.9 Å². The van der Waals surface area contributed by atoms with Crippen molar-refractivity contribution in [1.82, 2.24) is 19.9 Å². The standard InChI is InChI=1S/C21H15ClN4O3/c22-16-4-2-1-3-15(16)20-25-24-19-10-14(7-8-26(19)20)21(27)23-11-13-5-6-17-18(9-13)29-12-28-17/h1-10H,11-12H2,(H,23,27). The number of nitrogens with one attached hydrogen (secondary N) is 1. The van der Waals surface area contributed by atoms with Crippen LogP contribution in [0.3, 0.4) is 0 Å². The first kappa shape index (κ1) is 17.5. The van der Waals surface area contributed by atoms with Crippen LogP contribution in [-0.4, -0.2) is 27.3 Å². The number of hydrogen-bond donors (Lipinski definition) is 1. The molecule has 4 aromatic rings. The van der Waals surface area contributed by atoms with E-state index in [1.165, 1.54) is 0 Å². The number of halogens is 1. The summed E-state index contributed by atoms with van der Waals surface area (Å²) < 4.78 is 12.5. The van der Waals surface area contributed by atoms with Gasteiger partial charge in [-0.05, 0) is 42.0 Å². The summed E-state index contributed by atoms with van der Waals surface area (Å²) in [7, 11) is 0. The maximum Gasteiger partial charge on any atom is 0.251 e. The highest BCUT2D eigenvalue weighted by Crippen LogP contribution is 2.32. The van der Waals surface area contributed by atoms with Gasteiger partial charge in [0.2, 0.25) is 6.79 Å². The maximum absolute atomic E-state index is 12.6. The number of rotatable bonds is 4. The highest BCUT2D eigenvalue weighted by atomic mass is 35.5. The van der Waals surface area contributed by atoms with Crippen LogP contribution in [0.2, 0.25) is 5.02 Å². The fourth-order valence-electron chi connectivity index (χ4n) is 3.19. The Morgan fingerprint density at radius 3 is 2.83 bits per heavy atom. The van der Waals surface area contributed by atoms with Gasteiger partial charge in [-0.2, -0.15) is 0 Å². The predicted octanol–water partition coefficient (Wildman–Crippen LogP) is 3.71. The van der Waals surface area contributed by atoms with Gasteiger partial charge in [-0.3, -0.25) is 9.20 Å². The summed E-state index contributed by atoms with van der Waals surface area (Å²) in [5, 5.41) is 11.9. The van der Waals surface area contributed by atoms with Crippen LogP contribution in [0, 0.1) is 0 Å². The van der Waals surface area contributed by atoms with Gasteiger partial charge in [0.05, 0.1) is 5.02 Å². The zero-order valence-corrected chi connectivity index (χ0v) is 15.9. The van der Waals surface area contributed by atoms with Crippen LogP contribution in [0.5, 0.6) is 11.5 Å². The van der Waals surface area contributed by atoms with E-state index in [1.54, 1.807) is 28.8 Å². The molecule has 0 spiro atoms.